The lowest BCUT2D eigenvalue weighted by Gasteiger charge is -2.09. The van der Waals surface area contributed by atoms with Gasteiger partial charge in [-0.1, -0.05) is 13.0 Å². The number of nitrogens with zero attached hydrogens (tertiary/aromatic N) is 1. The maximum Gasteiger partial charge on any atom is 0.291 e. The molecule has 2 aromatic carbocycles. The van der Waals surface area contributed by atoms with Crippen LogP contribution in [0.2, 0.25) is 0 Å². The maximum absolute atomic E-state index is 12.7. The van der Waals surface area contributed by atoms with Crippen LogP contribution < -0.4 is 10.1 Å². The molecule has 0 saturated heterocycles. The molecule has 7 heteroatoms. The van der Waals surface area contributed by atoms with Crippen molar-refractivity contribution in [3.8, 4) is 5.75 Å². The molecule has 0 aliphatic carbocycles. The number of rotatable bonds is 5. The lowest BCUT2D eigenvalue weighted by atomic mass is 10.1. The van der Waals surface area contributed by atoms with Crippen LogP contribution in [0.25, 0.3) is 11.0 Å². The topological polar surface area (TPSA) is 94.6 Å². The summed E-state index contributed by atoms with van der Waals surface area (Å²) in [5.74, 6) is 0.00309. The number of benzene rings is 2. The molecule has 1 aromatic heterocycles. The SMILES string of the molecule is CCc1ccc2oc(C(=O)Nc3cc([N+](=O)[O-])ccc3OC)c(C)c2c1. The Labute approximate surface area is 149 Å². The minimum absolute atomic E-state index is 0.144. The molecule has 0 unspecified atom stereocenters. The van der Waals surface area contributed by atoms with Gasteiger partial charge in [-0.15, -0.1) is 0 Å². The Kier molecular flexibility index (Phi) is 4.62. The minimum atomic E-state index is -0.534. The van der Waals surface area contributed by atoms with Crippen molar-refractivity contribution in [3.63, 3.8) is 0 Å². The Hall–Kier alpha value is -3.35. The Bertz CT molecular complexity index is 1010. The van der Waals surface area contributed by atoms with Gasteiger partial charge in [-0.3, -0.25) is 14.9 Å². The summed E-state index contributed by atoms with van der Waals surface area (Å²) in [4.78, 5) is 23.1. The number of aryl methyl sites for hydroxylation is 2. The van der Waals surface area contributed by atoms with Crippen LogP contribution in [0.4, 0.5) is 11.4 Å². The second-order valence-corrected chi connectivity index (χ2v) is 5.84. The molecule has 0 bridgehead atoms. The number of furan rings is 1. The van der Waals surface area contributed by atoms with Crippen molar-refractivity contribution in [2.75, 3.05) is 12.4 Å². The molecule has 0 atom stereocenters. The van der Waals surface area contributed by atoms with Crippen LogP contribution in [0.5, 0.6) is 5.75 Å². The predicted molar refractivity (Wildman–Crippen MR) is 97.9 cm³/mol. The number of nitro groups is 1. The van der Waals surface area contributed by atoms with E-state index < -0.39 is 10.8 Å². The Morgan fingerprint density at radius 1 is 1.27 bits per heavy atom. The summed E-state index contributed by atoms with van der Waals surface area (Å²) in [5, 5.41) is 14.5. The van der Waals surface area contributed by atoms with Gasteiger partial charge in [0.05, 0.1) is 17.7 Å². The van der Waals surface area contributed by atoms with E-state index in [2.05, 4.69) is 12.2 Å². The number of nitrogens with one attached hydrogen (secondary N) is 1. The third kappa shape index (κ3) is 3.11. The van der Waals surface area contributed by atoms with E-state index in [1.54, 1.807) is 0 Å². The van der Waals surface area contributed by atoms with Crippen molar-refractivity contribution < 1.29 is 18.9 Å². The zero-order valence-electron chi connectivity index (χ0n) is 14.7. The van der Waals surface area contributed by atoms with Gasteiger partial charge >= 0.3 is 0 Å². The number of carbonyl (C=O) groups excluding carboxylic acids is 1. The normalized spacial score (nSPS) is 10.7. The van der Waals surface area contributed by atoms with Gasteiger partial charge in [0.25, 0.3) is 11.6 Å². The van der Waals surface area contributed by atoms with E-state index >= 15 is 0 Å². The van der Waals surface area contributed by atoms with E-state index in [1.165, 1.54) is 25.3 Å². The van der Waals surface area contributed by atoms with Crippen LogP contribution in [0.1, 0.15) is 28.6 Å². The van der Waals surface area contributed by atoms with Crippen molar-refractivity contribution in [1.29, 1.82) is 0 Å². The van der Waals surface area contributed by atoms with Crippen LogP contribution in [-0.2, 0) is 6.42 Å². The molecule has 1 N–H and O–H groups in total. The minimum Gasteiger partial charge on any atom is -0.495 e. The smallest absolute Gasteiger partial charge is 0.291 e. The number of non-ortho nitro benzene ring substituents is 1. The number of hydrogen-bond acceptors (Lipinski definition) is 5. The summed E-state index contributed by atoms with van der Waals surface area (Å²) in [7, 11) is 1.43. The van der Waals surface area contributed by atoms with Crippen LogP contribution in [0.15, 0.2) is 40.8 Å². The van der Waals surface area contributed by atoms with Crippen molar-refractivity contribution in [3.05, 3.63) is 63.4 Å². The number of nitro benzene ring substituents is 1. The molecule has 7 nitrogen and oxygen atoms in total. The molecule has 0 spiro atoms. The summed E-state index contributed by atoms with van der Waals surface area (Å²) in [6.07, 6.45) is 0.882. The van der Waals surface area contributed by atoms with Crippen LogP contribution in [-0.4, -0.2) is 17.9 Å². The zero-order chi connectivity index (χ0) is 18.8. The van der Waals surface area contributed by atoms with Gasteiger partial charge in [0, 0.05) is 23.1 Å². The summed E-state index contributed by atoms with van der Waals surface area (Å²) in [6, 6.07) is 9.80. The molecule has 0 aliphatic rings. The monoisotopic (exact) mass is 354 g/mol. The van der Waals surface area contributed by atoms with E-state index in [1.807, 2.05) is 25.1 Å². The fraction of sp³-hybridized carbons (Fsp3) is 0.211. The van der Waals surface area contributed by atoms with Crippen molar-refractivity contribution >= 4 is 28.3 Å². The average Bonchev–Trinajstić information content (AvgIpc) is 2.97. The molecule has 3 rings (SSSR count). The first-order valence-electron chi connectivity index (χ1n) is 8.10. The lowest BCUT2D eigenvalue weighted by molar-refractivity contribution is -0.384. The van der Waals surface area contributed by atoms with E-state index in [-0.39, 0.29) is 17.1 Å². The molecule has 0 saturated carbocycles. The summed E-state index contributed by atoms with van der Waals surface area (Å²) in [6.45, 7) is 3.86. The average molecular weight is 354 g/mol. The fourth-order valence-electron chi connectivity index (χ4n) is 2.79. The summed E-state index contributed by atoms with van der Waals surface area (Å²) in [5.41, 5.74) is 2.55. The number of ether oxygens (including phenoxy) is 1. The van der Waals surface area contributed by atoms with E-state index in [0.717, 1.165) is 22.9 Å². The molecule has 1 heterocycles. The Morgan fingerprint density at radius 2 is 2.04 bits per heavy atom. The molecule has 134 valence electrons. The number of hydrogen-bond donors (Lipinski definition) is 1. The van der Waals surface area contributed by atoms with Crippen molar-refractivity contribution in [1.82, 2.24) is 0 Å². The number of amides is 1. The highest BCUT2D eigenvalue weighted by molar-refractivity contribution is 6.07. The first kappa shape index (κ1) is 17.5. The second kappa shape index (κ2) is 6.87. The van der Waals surface area contributed by atoms with E-state index in [4.69, 9.17) is 9.15 Å². The third-order valence-corrected chi connectivity index (χ3v) is 4.26. The van der Waals surface area contributed by atoms with Gasteiger partial charge in [0.1, 0.15) is 11.3 Å². The van der Waals surface area contributed by atoms with Gasteiger partial charge in [-0.05, 0) is 37.1 Å². The highest BCUT2D eigenvalue weighted by Gasteiger charge is 2.20. The van der Waals surface area contributed by atoms with Crippen LogP contribution >= 0.6 is 0 Å². The van der Waals surface area contributed by atoms with Gasteiger partial charge in [-0.2, -0.15) is 0 Å². The molecule has 1 amide bonds. The number of methoxy groups -OCH3 is 1. The molecule has 26 heavy (non-hydrogen) atoms. The van der Waals surface area contributed by atoms with E-state index in [9.17, 15) is 14.9 Å². The number of anilines is 1. The molecule has 0 fully saturated rings. The fourth-order valence-corrected chi connectivity index (χ4v) is 2.79. The quantitative estimate of drug-likeness (QED) is 0.539. The second-order valence-electron chi connectivity index (χ2n) is 5.84. The first-order valence-corrected chi connectivity index (χ1v) is 8.10. The van der Waals surface area contributed by atoms with Crippen LogP contribution in [0, 0.1) is 17.0 Å². The number of carbonyl (C=O) groups is 1. The summed E-state index contributed by atoms with van der Waals surface area (Å²) >= 11 is 0. The molecule has 3 aromatic rings. The molecular weight excluding hydrogens is 336 g/mol. The van der Waals surface area contributed by atoms with Gasteiger partial charge in [0.2, 0.25) is 0 Å². The van der Waals surface area contributed by atoms with Gasteiger partial charge < -0.3 is 14.5 Å². The maximum atomic E-state index is 12.7. The highest BCUT2D eigenvalue weighted by Crippen LogP contribution is 2.31. The Balaban J connectivity index is 1.98. The number of fused-ring (bicyclic) bond motifs is 1. The largest absolute Gasteiger partial charge is 0.495 e. The van der Waals surface area contributed by atoms with Crippen molar-refractivity contribution in [2.45, 2.75) is 20.3 Å². The summed E-state index contributed by atoms with van der Waals surface area (Å²) < 4.78 is 10.9. The third-order valence-electron chi connectivity index (χ3n) is 4.26. The first-order chi connectivity index (χ1) is 12.4. The van der Waals surface area contributed by atoms with Crippen molar-refractivity contribution in [2.24, 2.45) is 0 Å². The standard InChI is InChI=1S/C19H18N2O5/c1-4-12-5-7-16-14(9-12)11(2)18(26-16)19(22)20-15-10-13(21(23)24)6-8-17(15)25-3/h5-10H,4H2,1-3H3,(H,20,22). The van der Waals surface area contributed by atoms with Gasteiger partial charge in [-0.25, -0.2) is 0 Å². The molecule has 0 radical (unpaired) electrons. The molecule has 0 aliphatic heterocycles. The van der Waals surface area contributed by atoms with E-state index in [0.29, 0.717) is 11.3 Å². The molecular formula is C19H18N2O5. The van der Waals surface area contributed by atoms with Gasteiger partial charge in [0.15, 0.2) is 5.76 Å². The van der Waals surface area contributed by atoms with Crippen LogP contribution in [0.3, 0.4) is 0 Å². The highest BCUT2D eigenvalue weighted by atomic mass is 16.6. The predicted octanol–water partition coefficient (Wildman–Crippen LogP) is 4.47. The Morgan fingerprint density at radius 3 is 2.69 bits per heavy atom. The zero-order valence-corrected chi connectivity index (χ0v) is 14.7. The lowest BCUT2D eigenvalue weighted by Crippen LogP contribution is -2.13.